The second-order valence-corrected chi connectivity index (χ2v) is 5.15. The van der Waals surface area contributed by atoms with Gasteiger partial charge in [0.15, 0.2) is 0 Å². The number of anilines is 1. The van der Waals surface area contributed by atoms with Crippen LogP contribution in [0.2, 0.25) is 10.2 Å². The molecule has 0 unspecified atom stereocenters. The molecule has 0 fully saturated rings. The minimum Gasteiger partial charge on any atom is -0.384 e. The summed E-state index contributed by atoms with van der Waals surface area (Å²) in [5.41, 5.74) is 6.45. The molecule has 88 valence electrons. The Kier molecular flexibility index (Phi) is 4.10. The minimum absolute atomic E-state index is 0.401. The number of rotatable bonds is 3. The van der Waals surface area contributed by atoms with Crippen molar-refractivity contribution in [1.82, 2.24) is 9.97 Å². The molecule has 0 spiro atoms. The summed E-state index contributed by atoms with van der Waals surface area (Å²) < 4.78 is 0. The van der Waals surface area contributed by atoms with Gasteiger partial charge in [0.1, 0.15) is 11.0 Å². The Morgan fingerprint density at radius 3 is 2.65 bits per heavy atom. The van der Waals surface area contributed by atoms with E-state index in [4.69, 9.17) is 28.9 Å². The van der Waals surface area contributed by atoms with E-state index >= 15 is 0 Å². The third-order valence-corrected chi connectivity index (χ3v) is 3.64. The SMILES string of the molecule is Nc1ccc(SCc2cnc(Cl)cc2Cl)cn1. The van der Waals surface area contributed by atoms with Gasteiger partial charge in [-0.1, -0.05) is 23.2 Å². The first-order valence-electron chi connectivity index (χ1n) is 4.79. The van der Waals surface area contributed by atoms with Crippen LogP contribution in [-0.2, 0) is 5.75 Å². The van der Waals surface area contributed by atoms with Crippen molar-refractivity contribution in [2.75, 3.05) is 5.73 Å². The number of thioether (sulfide) groups is 1. The largest absolute Gasteiger partial charge is 0.384 e. The Bertz CT molecular complexity index is 517. The van der Waals surface area contributed by atoms with E-state index in [0.29, 0.717) is 21.7 Å². The number of nitrogen functional groups attached to an aromatic ring is 1. The van der Waals surface area contributed by atoms with Gasteiger partial charge in [-0.3, -0.25) is 0 Å². The number of hydrogen-bond donors (Lipinski definition) is 1. The molecule has 0 aliphatic rings. The number of nitrogens with two attached hydrogens (primary N) is 1. The van der Waals surface area contributed by atoms with Crippen LogP contribution >= 0.6 is 35.0 Å². The fourth-order valence-corrected chi connectivity index (χ4v) is 2.54. The maximum absolute atomic E-state index is 6.05. The van der Waals surface area contributed by atoms with Gasteiger partial charge in [0, 0.05) is 28.1 Å². The molecule has 2 aromatic heterocycles. The summed E-state index contributed by atoms with van der Waals surface area (Å²) in [6, 6.07) is 5.33. The minimum atomic E-state index is 0.401. The summed E-state index contributed by atoms with van der Waals surface area (Å²) in [4.78, 5) is 9.05. The average Bonchev–Trinajstić information content (AvgIpc) is 2.30. The van der Waals surface area contributed by atoms with Crippen LogP contribution in [0.1, 0.15) is 5.56 Å². The van der Waals surface area contributed by atoms with Gasteiger partial charge in [0.2, 0.25) is 0 Å². The first-order valence-corrected chi connectivity index (χ1v) is 6.53. The molecule has 0 aromatic carbocycles. The van der Waals surface area contributed by atoms with Crippen molar-refractivity contribution in [3.63, 3.8) is 0 Å². The molecule has 3 nitrogen and oxygen atoms in total. The first-order chi connectivity index (χ1) is 8.15. The monoisotopic (exact) mass is 285 g/mol. The molecule has 0 atom stereocenters. The summed E-state index contributed by atoms with van der Waals surface area (Å²) in [6.07, 6.45) is 3.42. The molecule has 0 amide bonds. The van der Waals surface area contributed by atoms with Crippen LogP contribution in [-0.4, -0.2) is 9.97 Å². The van der Waals surface area contributed by atoms with E-state index in [9.17, 15) is 0 Å². The molecule has 17 heavy (non-hydrogen) atoms. The van der Waals surface area contributed by atoms with Crippen LogP contribution in [0.25, 0.3) is 0 Å². The molecule has 0 bridgehead atoms. The molecule has 0 saturated heterocycles. The molecule has 0 radical (unpaired) electrons. The Morgan fingerprint density at radius 1 is 1.18 bits per heavy atom. The topological polar surface area (TPSA) is 51.8 Å². The number of nitrogens with zero attached hydrogens (tertiary/aromatic N) is 2. The molecule has 0 saturated carbocycles. The van der Waals surface area contributed by atoms with Gasteiger partial charge in [-0.15, -0.1) is 11.8 Å². The van der Waals surface area contributed by atoms with Crippen LogP contribution in [0.5, 0.6) is 0 Å². The molecule has 2 N–H and O–H groups in total. The quantitative estimate of drug-likeness (QED) is 0.691. The Balaban J connectivity index is 2.04. The van der Waals surface area contributed by atoms with E-state index in [1.807, 2.05) is 6.07 Å². The average molecular weight is 286 g/mol. The Hall–Kier alpha value is -0.970. The molecular formula is C11H9Cl2N3S. The number of pyridine rings is 2. The van der Waals surface area contributed by atoms with Crippen molar-refractivity contribution < 1.29 is 0 Å². The normalized spacial score (nSPS) is 10.5. The van der Waals surface area contributed by atoms with Gasteiger partial charge < -0.3 is 5.73 Å². The van der Waals surface area contributed by atoms with Gasteiger partial charge in [-0.05, 0) is 23.8 Å². The highest BCUT2D eigenvalue weighted by Gasteiger charge is 2.03. The van der Waals surface area contributed by atoms with Crippen molar-refractivity contribution in [3.8, 4) is 0 Å². The van der Waals surface area contributed by atoms with Gasteiger partial charge in [-0.2, -0.15) is 0 Å². The molecule has 0 aliphatic carbocycles. The van der Waals surface area contributed by atoms with Crippen molar-refractivity contribution in [2.45, 2.75) is 10.6 Å². The van der Waals surface area contributed by atoms with Crippen LogP contribution in [0.4, 0.5) is 5.82 Å². The fraction of sp³-hybridized carbons (Fsp3) is 0.0909. The zero-order valence-corrected chi connectivity index (χ0v) is 11.1. The van der Waals surface area contributed by atoms with Crippen molar-refractivity contribution >= 4 is 40.8 Å². The van der Waals surface area contributed by atoms with Crippen LogP contribution in [0.3, 0.4) is 0 Å². The number of aromatic nitrogens is 2. The van der Waals surface area contributed by atoms with Gasteiger partial charge in [0.25, 0.3) is 0 Å². The molecule has 2 rings (SSSR count). The summed E-state index contributed by atoms with van der Waals surface area (Å²) in [7, 11) is 0. The summed E-state index contributed by atoms with van der Waals surface area (Å²) in [5.74, 6) is 1.23. The molecule has 2 aromatic rings. The number of halogens is 2. The summed E-state index contributed by atoms with van der Waals surface area (Å²) >= 11 is 13.4. The summed E-state index contributed by atoms with van der Waals surface area (Å²) in [5, 5.41) is 1.03. The molecule has 6 heteroatoms. The van der Waals surface area contributed by atoms with E-state index < -0.39 is 0 Å². The second kappa shape index (κ2) is 5.58. The lowest BCUT2D eigenvalue weighted by atomic mass is 10.3. The maximum Gasteiger partial charge on any atom is 0.130 e. The van der Waals surface area contributed by atoms with Crippen LogP contribution in [0, 0.1) is 0 Å². The number of hydrogen-bond acceptors (Lipinski definition) is 4. The fourth-order valence-electron chi connectivity index (χ4n) is 1.18. The van der Waals surface area contributed by atoms with Crippen LogP contribution in [0.15, 0.2) is 35.5 Å². The highest BCUT2D eigenvalue weighted by Crippen LogP contribution is 2.27. The third-order valence-electron chi connectivity index (χ3n) is 2.05. The van der Waals surface area contributed by atoms with E-state index in [0.717, 1.165) is 10.5 Å². The maximum atomic E-state index is 6.05. The Morgan fingerprint density at radius 2 is 2.00 bits per heavy atom. The van der Waals surface area contributed by atoms with Crippen LogP contribution < -0.4 is 5.73 Å². The van der Waals surface area contributed by atoms with E-state index in [-0.39, 0.29) is 0 Å². The molecule has 0 aliphatic heterocycles. The third kappa shape index (κ3) is 3.49. The van der Waals surface area contributed by atoms with Gasteiger partial charge in [0.05, 0.1) is 0 Å². The van der Waals surface area contributed by atoms with Crippen molar-refractivity contribution in [2.24, 2.45) is 0 Å². The van der Waals surface area contributed by atoms with Gasteiger partial charge >= 0.3 is 0 Å². The van der Waals surface area contributed by atoms with E-state index in [1.165, 1.54) is 0 Å². The van der Waals surface area contributed by atoms with E-state index in [1.54, 1.807) is 36.3 Å². The smallest absolute Gasteiger partial charge is 0.130 e. The molecule has 2 heterocycles. The lowest BCUT2D eigenvalue weighted by Crippen LogP contribution is -1.89. The lowest BCUT2D eigenvalue weighted by molar-refractivity contribution is 1.23. The predicted octanol–water partition coefficient (Wildman–Crippen LogP) is 3.66. The summed E-state index contributed by atoms with van der Waals surface area (Å²) in [6.45, 7) is 0. The second-order valence-electron chi connectivity index (χ2n) is 3.31. The van der Waals surface area contributed by atoms with E-state index in [2.05, 4.69) is 9.97 Å². The van der Waals surface area contributed by atoms with Gasteiger partial charge in [-0.25, -0.2) is 9.97 Å². The lowest BCUT2D eigenvalue weighted by Gasteiger charge is -2.04. The predicted molar refractivity (Wildman–Crippen MR) is 72.5 cm³/mol. The molecular weight excluding hydrogens is 277 g/mol. The van der Waals surface area contributed by atoms with Crippen molar-refractivity contribution in [1.29, 1.82) is 0 Å². The van der Waals surface area contributed by atoms with Crippen molar-refractivity contribution in [3.05, 3.63) is 46.3 Å². The Labute approximate surface area is 113 Å². The highest BCUT2D eigenvalue weighted by molar-refractivity contribution is 7.98. The zero-order chi connectivity index (χ0) is 12.3. The zero-order valence-electron chi connectivity index (χ0n) is 8.73. The standard InChI is InChI=1S/C11H9Cl2N3S/c12-9-3-10(13)15-4-7(9)6-17-8-1-2-11(14)16-5-8/h1-5H,6H2,(H2,14,16). The first kappa shape index (κ1) is 12.5. The highest BCUT2D eigenvalue weighted by atomic mass is 35.5.